The van der Waals surface area contributed by atoms with Crippen LogP contribution in [0.3, 0.4) is 0 Å². The van der Waals surface area contributed by atoms with Crippen molar-refractivity contribution in [3.8, 4) is 0 Å². The molecule has 1 aliphatic rings. The van der Waals surface area contributed by atoms with Gasteiger partial charge in [0.15, 0.2) is 0 Å². The molecule has 0 amide bonds. The van der Waals surface area contributed by atoms with E-state index < -0.39 is 15.3 Å². The van der Waals surface area contributed by atoms with Crippen molar-refractivity contribution in [1.29, 1.82) is 0 Å². The van der Waals surface area contributed by atoms with Gasteiger partial charge >= 0.3 is 0 Å². The second-order valence-corrected chi connectivity index (χ2v) is 8.16. The summed E-state index contributed by atoms with van der Waals surface area (Å²) in [5, 5.41) is -0.640. The first kappa shape index (κ1) is 17.4. The summed E-state index contributed by atoms with van der Waals surface area (Å²) in [5.41, 5.74) is 0.853. The lowest BCUT2D eigenvalue weighted by Gasteiger charge is -2.18. The smallest absolute Gasteiger partial charge is 0.252 e. The molecular formula is C16H22ClNO3S. The van der Waals surface area contributed by atoms with Gasteiger partial charge in [0.2, 0.25) is 10.0 Å². The predicted molar refractivity (Wildman–Crippen MR) is 87.8 cm³/mol. The van der Waals surface area contributed by atoms with Gasteiger partial charge in [-0.3, -0.25) is 4.79 Å². The highest BCUT2D eigenvalue weighted by atomic mass is 35.5. The monoisotopic (exact) mass is 343 g/mol. The van der Waals surface area contributed by atoms with E-state index in [0.29, 0.717) is 24.6 Å². The second-order valence-electron chi connectivity index (χ2n) is 5.91. The molecular weight excluding hydrogens is 322 g/mol. The van der Waals surface area contributed by atoms with E-state index in [2.05, 4.69) is 6.92 Å². The Balaban J connectivity index is 2.24. The van der Waals surface area contributed by atoms with E-state index in [4.69, 9.17) is 11.6 Å². The van der Waals surface area contributed by atoms with Gasteiger partial charge in [0.1, 0.15) is 0 Å². The average molecular weight is 344 g/mol. The number of nitrogens with zero attached hydrogens (tertiary/aromatic N) is 1. The van der Waals surface area contributed by atoms with Gasteiger partial charge in [0.05, 0.1) is 4.90 Å². The third-order valence-electron chi connectivity index (χ3n) is 4.25. The van der Waals surface area contributed by atoms with Crippen molar-refractivity contribution >= 4 is 26.9 Å². The standard InChI is InChI=1S/C16H22ClNO3S/c1-3-4-5-13-8-9-18(11-13)22(20,21)15-10-14(16(17)19)7-6-12(15)2/h6-7,10,13H,3-5,8-9,11H2,1-2H3. The zero-order valence-electron chi connectivity index (χ0n) is 13.0. The lowest BCUT2D eigenvalue weighted by Crippen LogP contribution is -2.29. The summed E-state index contributed by atoms with van der Waals surface area (Å²) in [4.78, 5) is 11.5. The molecule has 0 spiro atoms. The molecule has 0 N–H and O–H groups in total. The first-order valence-corrected chi connectivity index (χ1v) is 9.48. The summed E-state index contributed by atoms with van der Waals surface area (Å²) in [6.45, 7) is 5.00. The second kappa shape index (κ2) is 7.11. The van der Waals surface area contributed by atoms with Crippen molar-refractivity contribution in [3.63, 3.8) is 0 Å². The molecule has 0 radical (unpaired) electrons. The quantitative estimate of drug-likeness (QED) is 0.742. The topological polar surface area (TPSA) is 54.5 Å². The summed E-state index contributed by atoms with van der Waals surface area (Å²) >= 11 is 5.47. The van der Waals surface area contributed by atoms with Gasteiger partial charge in [-0.25, -0.2) is 8.42 Å². The molecule has 1 fully saturated rings. The zero-order chi connectivity index (χ0) is 16.3. The molecule has 6 heteroatoms. The van der Waals surface area contributed by atoms with Gasteiger partial charge in [0, 0.05) is 18.7 Å². The third kappa shape index (κ3) is 3.70. The molecule has 1 heterocycles. The van der Waals surface area contributed by atoms with Crippen LogP contribution in [0.1, 0.15) is 48.5 Å². The molecule has 1 atom stereocenters. The van der Waals surface area contributed by atoms with E-state index >= 15 is 0 Å². The molecule has 1 aromatic carbocycles. The first-order valence-electron chi connectivity index (χ1n) is 7.67. The summed E-state index contributed by atoms with van der Waals surface area (Å²) in [5.74, 6) is 0.438. The predicted octanol–water partition coefficient (Wildman–Crippen LogP) is 3.57. The van der Waals surface area contributed by atoms with Crippen molar-refractivity contribution in [1.82, 2.24) is 4.31 Å². The SMILES string of the molecule is CCCCC1CCN(S(=O)(=O)c2cc(C(=O)Cl)ccc2C)C1. The number of carbonyl (C=O) groups is 1. The Morgan fingerprint density at radius 3 is 2.77 bits per heavy atom. The minimum absolute atomic E-state index is 0.190. The average Bonchev–Trinajstić information content (AvgIpc) is 2.94. The van der Waals surface area contributed by atoms with Crippen molar-refractivity contribution < 1.29 is 13.2 Å². The number of benzene rings is 1. The Morgan fingerprint density at radius 2 is 2.14 bits per heavy atom. The molecule has 0 aliphatic carbocycles. The van der Waals surface area contributed by atoms with Gasteiger partial charge in [-0.1, -0.05) is 25.8 Å². The van der Waals surface area contributed by atoms with Crippen LogP contribution in [0.4, 0.5) is 0 Å². The third-order valence-corrected chi connectivity index (χ3v) is 6.47. The summed E-state index contributed by atoms with van der Waals surface area (Å²) < 4.78 is 27.2. The van der Waals surface area contributed by atoms with Crippen LogP contribution in [0.15, 0.2) is 23.1 Å². The van der Waals surface area contributed by atoms with E-state index in [1.807, 2.05) is 0 Å². The number of rotatable bonds is 6. The van der Waals surface area contributed by atoms with Gasteiger partial charge in [-0.2, -0.15) is 4.31 Å². The minimum atomic E-state index is -3.56. The largest absolute Gasteiger partial charge is 0.276 e. The van der Waals surface area contributed by atoms with Gasteiger partial charge in [-0.15, -0.1) is 0 Å². The van der Waals surface area contributed by atoms with Crippen LogP contribution in [0.5, 0.6) is 0 Å². The van der Waals surface area contributed by atoms with Crippen LogP contribution >= 0.6 is 11.6 Å². The van der Waals surface area contributed by atoms with E-state index in [9.17, 15) is 13.2 Å². The molecule has 122 valence electrons. The summed E-state index contributed by atoms with van der Waals surface area (Å²) in [7, 11) is -3.56. The van der Waals surface area contributed by atoms with Crippen LogP contribution in [0.25, 0.3) is 0 Å². The lowest BCUT2D eigenvalue weighted by atomic mass is 10.0. The number of halogens is 1. The highest BCUT2D eigenvalue weighted by Crippen LogP contribution is 2.29. The van der Waals surface area contributed by atoms with E-state index in [0.717, 1.165) is 25.7 Å². The van der Waals surface area contributed by atoms with Crippen LogP contribution in [-0.2, 0) is 10.0 Å². The number of carbonyl (C=O) groups excluding carboxylic acids is 1. The molecule has 1 unspecified atom stereocenters. The zero-order valence-corrected chi connectivity index (χ0v) is 14.6. The van der Waals surface area contributed by atoms with Crippen molar-refractivity contribution in [3.05, 3.63) is 29.3 Å². The molecule has 0 aromatic heterocycles. The molecule has 1 aliphatic heterocycles. The van der Waals surface area contributed by atoms with E-state index in [1.165, 1.54) is 10.4 Å². The number of unbranched alkanes of at least 4 members (excludes halogenated alkanes) is 1. The molecule has 0 saturated carbocycles. The number of sulfonamides is 1. The van der Waals surface area contributed by atoms with Crippen LogP contribution in [-0.4, -0.2) is 31.1 Å². The summed E-state index contributed by atoms with van der Waals surface area (Å²) in [6, 6.07) is 4.57. The number of aryl methyl sites for hydroxylation is 1. The maximum absolute atomic E-state index is 12.8. The van der Waals surface area contributed by atoms with Crippen molar-refractivity contribution in [2.24, 2.45) is 5.92 Å². The molecule has 2 rings (SSSR count). The van der Waals surface area contributed by atoms with Gasteiger partial charge < -0.3 is 0 Å². The fourth-order valence-corrected chi connectivity index (χ4v) is 4.78. The van der Waals surface area contributed by atoms with Crippen LogP contribution in [0.2, 0.25) is 0 Å². The van der Waals surface area contributed by atoms with E-state index in [-0.39, 0.29) is 10.5 Å². The Hall–Kier alpha value is -0.910. The fraction of sp³-hybridized carbons (Fsp3) is 0.562. The molecule has 0 bridgehead atoms. The van der Waals surface area contributed by atoms with Gasteiger partial charge in [0.25, 0.3) is 5.24 Å². The lowest BCUT2D eigenvalue weighted by molar-refractivity contribution is 0.108. The Kier molecular flexibility index (Phi) is 5.64. The van der Waals surface area contributed by atoms with Gasteiger partial charge in [-0.05, 0) is 55.0 Å². The number of hydrogen-bond acceptors (Lipinski definition) is 3. The highest BCUT2D eigenvalue weighted by molar-refractivity contribution is 7.89. The Labute approximate surface area is 137 Å². The van der Waals surface area contributed by atoms with Crippen LogP contribution < -0.4 is 0 Å². The first-order chi connectivity index (χ1) is 10.4. The molecule has 1 saturated heterocycles. The Morgan fingerprint density at radius 1 is 1.41 bits per heavy atom. The highest BCUT2D eigenvalue weighted by Gasteiger charge is 2.33. The maximum atomic E-state index is 12.8. The summed E-state index contributed by atoms with van der Waals surface area (Å²) in [6.07, 6.45) is 4.24. The van der Waals surface area contributed by atoms with Crippen molar-refractivity contribution in [2.75, 3.05) is 13.1 Å². The van der Waals surface area contributed by atoms with Crippen LogP contribution in [0, 0.1) is 12.8 Å². The van der Waals surface area contributed by atoms with Crippen molar-refractivity contribution in [2.45, 2.75) is 44.4 Å². The molecule has 4 nitrogen and oxygen atoms in total. The number of hydrogen-bond donors (Lipinski definition) is 0. The minimum Gasteiger partial charge on any atom is -0.276 e. The van der Waals surface area contributed by atoms with E-state index in [1.54, 1.807) is 19.1 Å². The molecule has 22 heavy (non-hydrogen) atoms. The molecule has 1 aromatic rings. The maximum Gasteiger partial charge on any atom is 0.252 e. The Bertz CT molecular complexity index is 657. The normalized spacial score (nSPS) is 19.5. The fourth-order valence-electron chi connectivity index (χ4n) is 2.88.